The second-order valence-electron chi connectivity index (χ2n) is 4.06. The van der Waals surface area contributed by atoms with Crippen LogP contribution in [0.4, 0.5) is 0 Å². The number of rotatable bonds is 1. The van der Waals surface area contributed by atoms with E-state index in [-0.39, 0.29) is 0 Å². The monoisotopic (exact) mass is 282 g/mol. The molecule has 0 bridgehead atoms. The fraction of sp³-hybridized carbons (Fsp3) is 0. The SMILES string of the molecule is Br/C=C/c1cccc2cc3ccccc3cc12. The van der Waals surface area contributed by atoms with Gasteiger partial charge in [-0.05, 0) is 50.3 Å². The Morgan fingerprint density at radius 3 is 2.24 bits per heavy atom. The quantitative estimate of drug-likeness (QED) is 0.527. The highest BCUT2D eigenvalue weighted by Crippen LogP contribution is 2.26. The molecule has 0 atom stereocenters. The van der Waals surface area contributed by atoms with E-state index in [1.165, 1.54) is 27.1 Å². The average molecular weight is 283 g/mol. The predicted octanol–water partition coefficient (Wildman–Crippen LogP) is 5.36. The number of benzene rings is 3. The van der Waals surface area contributed by atoms with Crippen LogP contribution in [0.15, 0.2) is 59.6 Å². The maximum atomic E-state index is 3.34. The lowest BCUT2D eigenvalue weighted by Gasteiger charge is -2.05. The minimum absolute atomic E-state index is 1.24. The van der Waals surface area contributed by atoms with Crippen LogP contribution < -0.4 is 0 Å². The smallest absolute Gasteiger partial charge is 0.0105 e. The Morgan fingerprint density at radius 1 is 0.765 bits per heavy atom. The van der Waals surface area contributed by atoms with E-state index >= 15 is 0 Å². The van der Waals surface area contributed by atoms with E-state index in [0.717, 1.165) is 0 Å². The molecule has 0 spiro atoms. The highest BCUT2D eigenvalue weighted by atomic mass is 79.9. The summed E-state index contributed by atoms with van der Waals surface area (Å²) in [6, 6.07) is 19.4. The Labute approximate surface area is 109 Å². The van der Waals surface area contributed by atoms with Gasteiger partial charge in [0.2, 0.25) is 0 Å². The summed E-state index contributed by atoms with van der Waals surface area (Å²) in [7, 11) is 0. The van der Waals surface area contributed by atoms with Gasteiger partial charge in [-0.3, -0.25) is 0 Å². The van der Waals surface area contributed by atoms with Crippen molar-refractivity contribution in [3.63, 3.8) is 0 Å². The maximum Gasteiger partial charge on any atom is -0.0105 e. The first-order valence-corrected chi connectivity index (χ1v) is 6.48. The van der Waals surface area contributed by atoms with Crippen LogP contribution in [0.2, 0.25) is 0 Å². The molecule has 0 radical (unpaired) electrons. The Kier molecular flexibility index (Phi) is 2.69. The lowest BCUT2D eigenvalue weighted by atomic mass is 10.00. The highest BCUT2D eigenvalue weighted by Gasteiger charge is 2.00. The van der Waals surface area contributed by atoms with Crippen molar-refractivity contribution in [2.45, 2.75) is 0 Å². The third kappa shape index (κ3) is 1.87. The molecule has 0 aromatic heterocycles. The highest BCUT2D eigenvalue weighted by molar-refractivity contribution is 9.11. The van der Waals surface area contributed by atoms with Gasteiger partial charge in [0.1, 0.15) is 0 Å². The molecule has 0 aliphatic heterocycles. The van der Waals surface area contributed by atoms with Crippen molar-refractivity contribution in [3.8, 4) is 0 Å². The van der Waals surface area contributed by atoms with Crippen molar-refractivity contribution in [2.24, 2.45) is 0 Å². The zero-order chi connectivity index (χ0) is 11.7. The van der Waals surface area contributed by atoms with Gasteiger partial charge in [-0.25, -0.2) is 0 Å². The van der Waals surface area contributed by atoms with Crippen molar-refractivity contribution in [1.29, 1.82) is 0 Å². The van der Waals surface area contributed by atoms with E-state index < -0.39 is 0 Å². The molecule has 0 aliphatic rings. The molecule has 0 heterocycles. The molecule has 3 aromatic carbocycles. The molecule has 0 N–H and O–H groups in total. The number of hydrogen-bond donors (Lipinski definition) is 0. The topological polar surface area (TPSA) is 0 Å². The first-order valence-electron chi connectivity index (χ1n) is 5.57. The van der Waals surface area contributed by atoms with Gasteiger partial charge in [0, 0.05) is 0 Å². The summed E-state index contributed by atoms with van der Waals surface area (Å²) in [5, 5.41) is 5.16. The van der Waals surface area contributed by atoms with Crippen LogP contribution in [0.1, 0.15) is 5.56 Å². The zero-order valence-electron chi connectivity index (χ0n) is 9.23. The van der Waals surface area contributed by atoms with E-state index in [0.29, 0.717) is 0 Å². The Bertz CT molecular complexity index is 711. The molecule has 1 heteroatoms. The van der Waals surface area contributed by atoms with Gasteiger partial charge in [0.15, 0.2) is 0 Å². The normalized spacial score (nSPS) is 11.6. The lowest BCUT2D eigenvalue weighted by Crippen LogP contribution is -1.79. The van der Waals surface area contributed by atoms with Gasteiger partial charge in [-0.2, -0.15) is 0 Å². The summed E-state index contributed by atoms with van der Waals surface area (Å²) in [5.74, 6) is 0. The Balaban J connectivity index is 2.43. The van der Waals surface area contributed by atoms with Crippen molar-refractivity contribution < 1.29 is 0 Å². The summed E-state index contributed by atoms with van der Waals surface area (Å²) in [4.78, 5) is 1.90. The average Bonchev–Trinajstić information content (AvgIpc) is 2.37. The summed E-state index contributed by atoms with van der Waals surface area (Å²) in [6.45, 7) is 0. The molecule has 3 aromatic rings. The van der Waals surface area contributed by atoms with E-state index in [1.807, 2.05) is 4.99 Å². The second kappa shape index (κ2) is 4.34. The molecule has 3 rings (SSSR count). The van der Waals surface area contributed by atoms with Crippen LogP contribution in [0.3, 0.4) is 0 Å². The molecule has 82 valence electrons. The van der Waals surface area contributed by atoms with Gasteiger partial charge < -0.3 is 0 Å². The second-order valence-corrected chi connectivity index (χ2v) is 4.59. The summed E-state index contributed by atoms with van der Waals surface area (Å²) >= 11 is 3.34. The fourth-order valence-corrected chi connectivity index (χ4v) is 2.49. The molecule has 0 saturated carbocycles. The van der Waals surface area contributed by atoms with E-state index in [2.05, 4.69) is 76.6 Å². The van der Waals surface area contributed by atoms with E-state index in [4.69, 9.17) is 0 Å². The van der Waals surface area contributed by atoms with Crippen LogP contribution in [0.5, 0.6) is 0 Å². The summed E-state index contributed by atoms with van der Waals surface area (Å²) in [6.07, 6.45) is 2.08. The standard InChI is InChI=1S/C16H11Br/c17-9-8-12-6-3-7-15-10-13-4-1-2-5-14(13)11-16(12)15/h1-11H/b9-8+. The van der Waals surface area contributed by atoms with E-state index in [1.54, 1.807) is 0 Å². The number of halogens is 1. The molecular formula is C16H11Br. The van der Waals surface area contributed by atoms with Gasteiger partial charge in [-0.1, -0.05) is 58.4 Å². The zero-order valence-corrected chi connectivity index (χ0v) is 10.8. The van der Waals surface area contributed by atoms with Crippen LogP contribution in [-0.2, 0) is 0 Å². The van der Waals surface area contributed by atoms with Crippen molar-refractivity contribution in [3.05, 3.63) is 65.1 Å². The van der Waals surface area contributed by atoms with Gasteiger partial charge in [-0.15, -0.1) is 0 Å². The van der Waals surface area contributed by atoms with Crippen LogP contribution >= 0.6 is 15.9 Å². The van der Waals surface area contributed by atoms with Gasteiger partial charge in [0.05, 0.1) is 0 Å². The number of fused-ring (bicyclic) bond motifs is 2. The minimum Gasteiger partial charge on any atom is -0.0616 e. The molecule has 0 amide bonds. The maximum absolute atomic E-state index is 3.34. The molecule has 0 aliphatic carbocycles. The third-order valence-electron chi connectivity index (χ3n) is 3.02. The lowest BCUT2D eigenvalue weighted by molar-refractivity contribution is 1.73. The van der Waals surface area contributed by atoms with Crippen molar-refractivity contribution in [2.75, 3.05) is 0 Å². The van der Waals surface area contributed by atoms with E-state index in [9.17, 15) is 0 Å². The van der Waals surface area contributed by atoms with Gasteiger partial charge >= 0.3 is 0 Å². The molecule has 0 unspecified atom stereocenters. The molecular weight excluding hydrogens is 272 g/mol. The minimum atomic E-state index is 1.24. The predicted molar refractivity (Wildman–Crippen MR) is 79.4 cm³/mol. The van der Waals surface area contributed by atoms with Crippen molar-refractivity contribution in [1.82, 2.24) is 0 Å². The largest absolute Gasteiger partial charge is 0.0616 e. The Morgan fingerprint density at radius 2 is 1.47 bits per heavy atom. The van der Waals surface area contributed by atoms with Crippen LogP contribution in [0, 0.1) is 0 Å². The van der Waals surface area contributed by atoms with Gasteiger partial charge in [0.25, 0.3) is 0 Å². The first-order chi connectivity index (χ1) is 8.38. The Hall–Kier alpha value is -1.60. The summed E-state index contributed by atoms with van der Waals surface area (Å²) in [5.41, 5.74) is 1.24. The molecule has 0 fully saturated rings. The third-order valence-corrected chi connectivity index (χ3v) is 3.29. The molecule has 0 saturated heterocycles. The van der Waals surface area contributed by atoms with Crippen LogP contribution in [0.25, 0.3) is 27.6 Å². The van der Waals surface area contributed by atoms with Crippen LogP contribution in [-0.4, -0.2) is 0 Å². The summed E-state index contributed by atoms with van der Waals surface area (Å²) < 4.78 is 0. The first kappa shape index (κ1) is 10.5. The molecule has 0 nitrogen and oxygen atoms in total. The number of hydrogen-bond acceptors (Lipinski definition) is 0. The molecule has 17 heavy (non-hydrogen) atoms. The fourth-order valence-electron chi connectivity index (χ4n) is 2.20. The van der Waals surface area contributed by atoms with Crippen molar-refractivity contribution >= 4 is 43.6 Å².